The Morgan fingerprint density at radius 1 is 0.912 bits per heavy atom. The van der Waals surface area contributed by atoms with Gasteiger partial charge in [-0.25, -0.2) is 4.98 Å². The maximum absolute atomic E-state index is 14.5. The van der Waals surface area contributed by atoms with Crippen molar-refractivity contribution in [1.29, 1.82) is 0 Å². The summed E-state index contributed by atoms with van der Waals surface area (Å²) in [6.07, 6.45) is 8.58. The number of aromatic nitrogens is 1. The number of carbonyl (C=O) groups excluding carboxylic acids is 4. The molecule has 5 atom stereocenters. The highest BCUT2D eigenvalue weighted by atomic mass is 32.1. The molecule has 310 valence electrons. The number of amides is 4. The molecule has 5 unspecified atom stereocenters. The van der Waals surface area contributed by atoms with Crippen molar-refractivity contribution >= 4 is 45.7 Å². The van der Waals surface area contributed by atoms with E-state index in [2.05, 4.69) is 20.9 Å². The number of ether oxygens (including phenoxy) is 1. The van der Waals surface area contributed by atoms with Crippen LogP contribution < -0.4 is 16.0 Å². The van der Waals surface area contributed by atoms with Gasteiger partial charge in [0.15, 0.2) is 0 Å². The van der Waals surface area contributed by atoms with Crippen LogP contribution in [0.5, 0.6) is 0 Å². The third-order valence-electron chi connectivity index (χ3n) is 12.5. The van der Waals surface area contributed by atoms with E-state index < -0.39 is 47.4 Å². The highest BCUT2D eigenvalue weighted by Crippen LogP contribution is 2.38. The Bertz CT molecular complexity index is 1770. The molecule has 2 aromatic carbocycles. The van der Waals surface area contributed by atoms with Crippen LogP contribution in [0.2, 0.25) is 0 Å². The Morgan fingerprint density at radius 3 is 2.35 bits per heavy atom. The predicted molar refractivity (Wildman–Crippen MR) is 220 cm³/mol. The van der Waals surface area contributed by atoms with Crippen molar-refractivity contribution in [2.75, 3.05) is 33.4 Å². The highest BCUT2D eigenvalue weighted by Gasteiger charge is 2.44. The number of benzene rings is 2. The summed E-state index contributed by atoms with van der Waals surface area (Å²) in [4.78, 5) is 62.2. The van der Waals surface area contributed by atoms with E-state index in [-0.39, 0.29) is 37.0 Å². The zero-order chi connectivity index (χ0) is 40.2. The smallest absolute Gasteiger partial charge is 0.243 e. The molecule has 3 aromatic rings. The molecule has 6 rings (SSSR count). The highest BCUT2D eigenvalue weighted by molar-refractivity contribution is 7.07. The molecule has 2 aliphatic carbocycles. The van der Waals surface area contributed by atoms with Crippen LogP contribution in [0.3, 0.4) is 0 Å². The van der Waals surface area contributed by atoms with Crippen LogP contribution >= 0.6 is 11.3 Å². The first-order valence-electron chi connectivity index (χ1n) is 21.1. The molecule has 0 radical (unpaired) electrons. The molecule has 13 heteroatoms. The molecule has 1 aromatic heterocycles. The van der Waals surface area contributed by atoms with Crippen LogP contribution in [0.1, 0.15) is 94.7 Å². The lowest BCUT2D eigenvalue weighted by atomic mass is 9.72. The minimum atomic E-state index is -1.24. The molecule has 5 N–H and O–H groups in total. The Balaban J connectivity index is 1.25. The number of fused-ring (bicyclic) bond motifs is 1. The van der Waals surface area contributed by atoms with Gasteiger partial charge in [-0.15, -0.1) is 11.3 Å². The average molecular weight is 804 g/mol. The molecular formula is C44H61N5O7S. The van der Waals surface area contributed by atoms with Crippen LogP contribution in [-0.4, -0.2) is 101 Å². The predicted octanol–water partition coefficient (Wildman–Crippen LogP) is 4.70. The Hall–Kier alpha value is -3.91. The van der Waals surface area contributed by atoms with Crippen LogP contribution in [0.4, 0.5) is 0 Å². The topological polar surface area (TPSA) is 170 Å². The Morgan fingerprint density at radius 2 is 1.63 bits per heavy atom. The minimum absolute atomic E-state index is 0.00624. The number of carbonyl (C=O) groups is 4. The van der Waals surface area contributed by atoms with Crippen molar-refractivity contribution in [2.45, 2.75) is 120 Å². The largest absolute Gasteiger partial charge is 0.391 e. The first-order chi connectivity index (χ1) is 27.6. The fourth-order valence-corrected chi connectivity index (χ4v) is 9.80. The van der Waals surface area contributed by atoms with Gasteiger partial charge in [0.25, 0.3) is 0 Å². The standard InChI is InChI=1S/C44H61N5O7S/c1-45-42(53)36(44(55)17-8-3-9-18-44)27-39(50)37(23-30-11-4-2-5-12-30)47-43(54)38(26-34-28-57-29-46-34)48-41(52)33(25-40(51)49-19-21-56-22-20-49)24-32-15-10-14-31-13-6-7-16-35(31)32/h6-7,10,13-16,28-30,33,36-39,50,55H,2-5,8-9,11-12,17-27H2,1H3,(H,45,53)(H,47,54)(H,48,52). The third-order valence-corrected chi connectivity index (χ3v) is 13.2. The summed E-state index contributed by atoms with van der Waals surface area (Å²) in [7, 11) is 1.54. The lowest BCUT2D eigenvalue weighted by Crippen LogP contribution is -2.56. The molecule has 2 heterocycles. The van der Waals surface area contributed by atoms with E-state index in [0.717, 1.165) is 67.7 Å². The molecule has 1 saturated heterocycles. The number of rotatable bonds is 17. The molecule has 4 amide bonds. The lowest BCUT2D eigenvalue weighted by Gasteiger charge is -2.40. The summed E-state index contributed by atoms with van der Waals surface area (Å²) < 4.78 is 5.47. The summed E-state index contributed by atoms with van der Waals surface area (Å²) in [5.41, 5.74) is 2.02. The first kappa shape index (κ1) is 42.7. The molecule has 1 aliphatic heterocycles. The second-order valence-corrected chi connectivity index (χ2v) is 17.2. The molecule has 0 spiro atoms. The van der Waals surface area contributed by atoms with E-state index in [1.807, 2.05) is 47.8 Å². The number of nitrogens with one attached hydrogen (secondary N) is 3. The number of nitrogens with zero attached hydrogens (tertiary/aromatic N) is 2. The molecule has 3 aliphatic rings. The normalized spacial score (nSPS) is 20.2. The van der Waals surface area contributed by atoms with E-state index in [0.29, 0.717) is 57.7 Å². The molecule has 12 nitrogen and oxygen atoms in total. The maximum atomic E-state index is 14.5. The number of hydrogen-bond acceptors (Lipinski definition) is 9. The molecule has 0 bridgehead atoms. The number of hydrogen-bond donors (Lipinski definition) is 5. The lowest BCUT2D eigenvalue weighted by molar-refractivity contribution is -0.141. The van der Waals surface area contributed by atoms with E-state index in [1.165, 1.54) is 11.3 Å². The number of thiazole rings is 1. The minimum Gasteiger partial charge on any atom is -0.391 e. The van der Waals surface area contributed by atoms with Gasteiger partial charge in [-0.1, -0.05) is 93.8 Å². The zero-order valence-corrected chi connectivity index (χ0v) is 34.2. The third kappa shape index (κ3) is 11.6. The SMILES string of the molecule is CNC(=O)C(CC(O)C(CC1CCCCC1)NC(=O)C(Cc1cscn1)NC(=O)C(CC(=O)N1CCOCC1)Cc1cccc2ccccc12)C1(O)CCCCC1. The summed E-state index contributed by atoms with van der Waals surface area (Å²) in [5, 5.41) is 36.4. The van der Waals surface area contributed by atoms with Crippen molar-refractivity contribution in [1.82, 2.24) is 25.8 Å². The first-order valence-corrected chi connectivity index (χ1v) is 22.0. The summed E-state index contributed by atoms with van der Waals surface area (Å²) in [6.45, 7) is 1.80. The second kappa shape index (κ2) is 20.7. The number of aliphatic hydroxyl groups excluding tert-OH is 1. The van der Waals surface area contributed by atoms with E-state index >= 15 is 0 Å². The van der Waals surface area contributed by atoms with Crippen LogP contribution in [0, 0.1) is 17.8 Å². The van der Waals surface area contributed by atoms with Crippen molar-refractivity contribution in [2.24, 2.45) is 17.8 Å². The van der Waals surface area contributed by atoms with Crippen molar-refractivity contribution in [3.8, 4) is 0 Å². The van der Waals surface area contributed by atoms with Gasteiger partial charge in [-0.05, 0) is 54.4 Å². The monoisotopic (exact) mass is 803 g/mol. The fourth-order valence-electron chi connectivity index (χ4n) is 9.23. The van der Waals surface area contributed by atoms with Crippen molar-refractivity contribution in [3.05, 3.63) is 64.6 Å². The summed E-state index contributed by atoms with van der Waals surface area (Å²) in [6, 6.07) is 12.1. The summed E-state index contributed by atoms with van der Waals surface area (Å²) >= 11 is 1.39. The van der Waals surface area contributed by atoms with Gasteiger partial charge in [-0.2, -0.15) is 0 Å². The quantitative estimate of drug-likeness (QED) is 0.131. The Labute approximate surface area is 340 Å². The van der Waals surface area contributed by atoms with Gasteiger partial charge in [0.2, 0.25) is 23.6 Å². The van der Waals surface area contributed by atoms with Gasteiger partial charge >= 0.3 is 0 Å². The second-order valence-electron chi connectivity index (χ2n) is 16.5. The maximum Gasteiger partial charge on any atom is 0.243 e. The number of morpholine rings is 1. The Kier molecular flexibility index (Phi) is 15.5. The average Bonchev–Trinajstić information content (AvgIpc) is 3.76. The van der Waals surface area contributed by atoms with Crippen LogP contribution in [0.25, 0.3) is 10.8 Å². The number of aliphatic hydroxyl groups is 2. The molecule has 57 heavy (non-hydrogen) atoms. The fraction of sp³-hybridized carbons (Fsp3) is 0.614. The van der Waals surface area contributed by atoms with Crippen LogP contribution in [-0.2, 0) is 36.8 Å². The van der Waals surface area contributed by atoms with Crippen LogP contribution in [0.15, 0.2) is 53.4 Å². The van der Waals surface area contributed by atoms with Gasteiger partial charge in [0, 0.05) is 38.4 Å². The van der Waals surface area contributed by atoms with E-state index in [9.17, 15) is 29.4 Å². The summed E-state index contributed by atoms with van der Waals surface area (Å²) in [5.74, 6) is -2.68. The van der Waals surface area contributed by atoms with Crippen molar-refractivity contribution < 1.29 is 34.1 Å². The van der Waals surface area contributed by atoms with Gasteiger partial charge in [0.1, 0.15) is 6.04 Å². The zero-order valence-electron chi connectivity index (χ0n) is 33.3. The van der Waals surface area contributed by atoms with Gasteiger partial charge < -0.3 is 35.8 Å². The van der Waals surface area contributed by atoms with E-state index in [1.54, 1.807) is 17.5 Å². The molecular weight excluding hydrogens is 743 g/mol. The van der Waals surface area contributed by atoms with E-state index in [4.69, 9.17) is 4.74 Å². The van der Waals surface area contributed by atoms with Gasteiger partial charge in [-0.3, -0.25) is 19.2 Å². The van der Waals surface area contributed by atoms with Gasteiger partial charge in [0.05, 0.1) is 54.0 Å². The molecule has 2 saturated carbocycles. The van der Waals surface area contributed by atoms with Crippen molar-refractivity contribution in [3.63, 3.8) is 0 Å². The molecule has 3 fully saturated rings.